The van der Waals surface area contributed by atoms with Crippen LogP contribution < -0.4 is 19.5 Å². The number of benzene rings is 2. The number of anilines is 1. The average Bonchev–Trinajstić information content (AvgIpc) is 3.33. The van der Waals surface area contributed by atoms with Gasteiger partial charge in [0.05, 0.1) is 29.2 Å². The molecule has 1 aliphatic carbocycles. The van der Waals surface area contributed by atoms with Crippen LogP contribution in [0, 0.1) is 10.1 Å². The second-order valence-electron chi connectivity index (χ2n) is 7.91. The zero-order chi connectivity index (χ0) is 23.4. The number of hydrogen-bond acceptors (Lipinski definition) is 8. The summed E-state index contributed by atoms with van der Waals surface area (Å²) in [5, 5.41) is 13.5. The van der Waals surface area contributed by atoms with Crippen molar-refractivity contribution < 1.29 is 33.5 Å². The van der Waals surface area contributed by atoms with E-state index in [-0.39, 0.29) is 17.1 Å². The molecule has 1 aliphatic heterocycles. The number of amides is 1. The second kappa shape index (κ2) is 9.35. The van der Waals surface area contributed by atoms with E-state index in [1.807, 2.05) is 12.1 Å². The van der Waals surface area contributed by atoms with Gasteiger partial charge in [0.1, 0.15) is 19.0 Å². The van der Waals surface area contributed by atoms with Crippen LogP contribution in [-0.2, 0) is 19.7 Å². The molecule has 174 valence electrons. The van der Waals surface area contributed by atoms with E-state index in [0.717, 1.165) is 18.4 Å². The van der Waals surface area contributed by atoms with Crippen LogP contribution in [0.3, 0.4) is 0 Å². The number of hydrogen-bond donors (Lipinski definition) is 1. The van der Waals surface area contributed by atoms with Gasteiger partial charge in [-0.3, -0.25) is 19.7 Å². The maximum atomic E-state index is 13.2. The highest BCUT2D eigenvalue weighted by Crippen LogP contribution is 2.45. The Bertz CT molecular complexity index is 1080. The zero-order valence-electron chi connectivity index (χ0n) is 18.1. The van der Waals surface area contributed by atoms with Crippen LogP contribution in [0.4, 0.5) is 11.4 Å². The van der Waals surface area contributed by atoms with Crippen molar-refractivity contribution in [3.63, 3.8) is 0 Å². The Hall–Kier alpha value is -3.82. The van der Waals surface area contributed by atoms with Gasteiger partial charge in [0, 0.05) is 6.07 Å². The van der Waals surface area contributed by atoms with E-state index in [2.05, 4.69) is 5.32 Å². The molecule has 2 aromatic carbocycles. The Morgan fingerprint density at radius 2 is 1.82 bits per heavy atom. The van der Waals surface area contributed by atoms with Gasteiger partial charge >= 0.3 is 5.97 Å². The predicted octanol–water partition coefficient (Wildman–Crippen LogP) is 3.37. The molecule has 2 aromatic rings. The lowest BCUT2D eigenvalue weighted by Gasteiger charge is -2.28. The molecule has 10 nitrogen and oxygen atoms in total. The number of ether oxygens (including phenoxy) is 4. The van der Waals surface area contributed by atoms with Crippen molar-refractivity contribution in [2.24, 2.45) is 0 Å². The maximum Gasteiger partial charge on any atom is 0.317 e. The van der Waals surface area contributed by atoms with Crippen molar-refractivity contribution in [1.29, 1.82) is 0 Å². The Morgan fingerprint density at radius 1 is 1.09 bits per heavy atom. The van der Waals surface area contributed by atoms with Crippen molar-refractivity contribution in [1.82, 2.24) is 0 Å². The van der Waals surface area contributed by atoms with Gasteiger partial charge in [0.25, 0.3) is 11.6 Å². The molecule has 0 atom stereocenters. The van der Waals surface area contributed by atoms with Gasteiger partial charge in [-0.1, -0.05) is 18.9 Å². The molecule has 1 N–H and O–H groups in total. The van der Waals surface area contributed by atoms with Crippen molar-refractivity contribution in [3.8, 4) is 17.2 Å². The minimum atomic E-state index is -0.846. The number of esters is 1. The van der Waals surface area contributed by atoms with Crippen LogP contribution in [0.15, 0.2) is 36.4 Å². The molecule has 4 rings (SSSR count). The van der Waals surface area contributed by atoms with E-state index in [0.29, 0.717) is 37.6 Å². The third-order valence-electron chi connectivity index (χ3n) is 5.95. The largest absolute Gasteiger partial charge is 0.494 e. The molecular formula is C23H24N2O8. The molecule has 10 heteroatoms. The van der Waals surface area contributed by atoms with Crippen molar-refractivity contribution >= 4 is 23.3 Å². The fourth-order valence-corrected chi connectivity index (χ4v) is 4.28. The summed E-state index contributed by atoms with van der Waals surface area (Å²) in [5.74, 6) is 0.324. The Balaban J connectivity index is 1.45. The maximum absolute atomic E-state index is 13.2. The molecule has 2 aliphatic rings. The van der Waals surface area contributed by atoms with Crippen molar-refractivity contribution in [3.05, 3.63) is 52.1 Å². The number of nitro groups is 1. The van der Waals surface area contributed by atoms with Crippen LogP contribution in [-0.4, -0.2) is 43.7 Å². The first-order valence-corrected chi connectivity index (χ1v) is 10.6. The van der Waals surface area contributed by atoms with Gasteiger partial charge in [-0.25, -0.2) is 0 Å². The van der Waals surface area contributed by atoms with Gasteiger partial charge in [0.2, 0.25) is 0 Å². The third kappa shape index (κ3) is 4.55. The van der Waals surface area contributed by atoms with Gasteiger partial charge in [0.15, 0.2) is 18.1 Å². The van der Waals surface area contributed by atoms with E-state index in [9.17, 15) is 19.7 Å². The molecule has 1 fully saturated rings. The molecule has 1 amide bonds. The Morgan fingerprint density at radius 3 is 2.52 bits per heavy atom. The molecule has 1 saturated carbocycles. The highest BCUT2D eigenvalue weighted by molar-refractivity contribution is 5.95. The number of carbonyl (C=O) groups excluding carboxylic acids is 2. The second-order valence-corrected chi connectivity index (χ2v) is 7.91. The third-order valence-corrected chi connectivity index (χ3v) is 5.95. The highest BCUT2D eigenvalue weighted by atomic mass is 16.6. The van der Waals surface area contributed by atoms with Crippen LogP contribution in [0.2, 0.25) is 0 Å². The summed E-state index contributed by atoms with van der Waals surface area (Å²) in [5.41, 5.74) is 0.0124. The number of methoxy groups -OCH3 is 1. The first-order valence-electron chi connectivity index (χ1n) is 10.6. The van der Waals surface area contributed by atoms with E-state index in [4.69, 9.17) is 18.9 Å². The van der Waals surface area contributed by atoms with Gasteiger partial charge < -0.3 is 24.3 Å². The average molecular weight is 456 g/mol. The number of nitro benzene ring substituents is 1. The van der Waals surface area contributed by atoms with Crippen LogP contribution in [0.25, 0.3) is 0 Å². The monoisotopic (exact) mass is 456 g/mol. The number of nitrogens with one attached hydrogen (secondary N) is 1. The molecule has 0 unspecified atom stereocenters. The zero-order valence-corrected chi connectivity index (χ0v) is 18.1. The van der Waals surface area contributed by atoms with E-state index in [1.165, 1.54) is 25.3 Å². The summed E-state index contributed by atoms with van der Waals surface area (Å²) in [6.45, 7) is 0.430. The highest BCUT2D eigenvalue weighted by Gasteiger charge is 2.45. The van der Waals surface area contributed by atoms with Crippen molar-refractivity contribution in [2.75, 3.05) is 32.2 Å². The summed E-state index contributed by atoms with van der Waals surface area (Å²) in [6.07, 6.45) is 2.97. The van der Waals surface area contributed by atoms with Crippen LogP contribution in [0.5, 0.6) is 17.2 Å². The topological polar surface area (TPSA) is 126 Å². The lowest BCUT2D eigenvalue weighted by atomic mass is 9.78. The fraction of sp³-hybridized carbons (Fsp3) is 0.391. The molecule has 0 spiro atoms. The van der Waals surface area contributed by atoms with Crippen LogP contribution in [0.1, 0.15) is 31.2 Å². The minimum Gasteiger partial charge on any atom is -0.494 e. The minimum absolute atomic E-state index is 0.132. The Labute approximate surface area is 189 Å². The molecule has 0 aromatic heterocycles. The first-order chi connectivity index (χ1) is 15.9. The number of nitrogens with zero attached hydrogens (tertiary/aromatic N) is 1. The number of non-ortho nitro benzene ring substituents is 1. The summed E-state index contributed by atoms with van der Waals surface area (Å²) in [4.78, 5) is 36.0. The van der Waals surface area contributed by atoms with E-state index >= 15 is 0 Å². The molecular weight excluding hydrogens is 432 g/mol. The molecule has 33 heavy (non-hydrogen) atoms. The summed E-state index contributed by atoms with van der Waals surface area (Å²) >= 11 is 0. The van der Waals surface area contributed by atoms with Crippen molar-refractivity contribution in [2.45, 2.75) is 31.1 Å². The van der Waals surface area contributed by atoms with Gasteiger partial charge in [-0.2, -0.15) is 0 Å². The normalized spacial score (nSPS) is 16.0. The SMILES string of the molecule is COc1cc([N+](=O)[O-])ccc1NC(=O)COC(=O)C1(c2ccc3c(c2)OCCO3)CCCC1. The Kier molecular flexibility index (Phi) is 6.34. The quantitative estimate of drug-likeness (QED) is 0.382. The fourth-order valence-electron chi connectivity index (χ4n) is 4.28. The smallest absolute Gasteiger partial charge is 0.317 e. The van der Waals surface area contributed by atoms with Gasteiger partial charge in [-0.05, 0) is 36.6 Å². The first kappa shape index (κ1) is 22.4. The van der Waals surface area contributed by atoms with Gasteiger partial charge in [-0.15, -0.1) is 0 Å². The number of carbonyl (C=O) groups is 2. The molecule has 0 saturated heterocycles. The number of rotatable bonds is 7. The van der Waals surface area contributed by atoms with Crippen LogP contribution >= 0.6 is 0 Å². The van der Waals surface area contributed by atoms with E-state index < -0.39 is 28.8 Å². The molecule has 0 bridgehead atoms. The summed E-state index contributed by atoms with van der Waals surface area (Å²) < 4.78 is 21.8. The molecule has 0 radical (unpaired) electrons. The van der Waals surface area contributed by atoms with E-state index in [1.54, 1.807) is 6.07 Å². The lowest BCUT2D eigenvalue weighted by molar-refractivity contribution is -0.384. The summed E-state index contributed by atoms with van der Waals surface area (Å²) in [6, 6.07) is 9.29. The summed E-state index contributed by atoms with van der Waals surface area (Å²) in [7, 11) is 1.34. The predicted molar refractivity (Wildman–Crippen MR) is 117 cm³/mol. The standard InChI is InChI=1S/C23H24N2O8/c1-30-19-13-16(25(28)29)5-6-17(19)24-21(26)14-33-22(27)23(8-2-3-9-23)15-4-7-18-20(12-15)32-11-10-31-18/h4-7,12-13H,2-3,8-11,14H2,1H3,(H,24,26). The number of fused-ring (bicyclic) bond motifs is 1. The molecule has 1 heterocycles. The lowest BCUT2D eigenvalue weighted by Crippen LogP contribution is -2.36.